The van der Waals surface area contributed by atoms with Gasteiger partial charge in [-0.15, -0.1) is 4.80 Å². The van der Waals surface area contributed by atoms with Crippen molar-refractivity contribution in [3.8, 4) is 11.6 Å². The Morgan fingerprint density at radius 2 is 1.75 bits per heavy atom. The van der Waals surface area contributed by atoms with E-state index in [0.717, 1.165) is 12.1 Å². The van der Waals surface area contributed by atoms with E-state index in [1.807, 2.05) is 0 Å². The number of ether oxygens (including phenoxy) is 1. The molecule has 1 aromatic carbocycles. The summed E-state index contributed by atoms with van der Waals surface area (Å²) in [7, 11) is 0. The van der Waals surface area contributed by atoms with Crippen LogP contribution in [0.25, 0.3) is 5.82 Å². The summed E-state index contributed by atoms with van der Waals surface area (Å²) >= 11 is 11.7. The molecule has 0 bridgehead atoms. The number of nitrogens with one attached hydrogen (secondary N) is 2. The van der Waals surface area contributed by atoms with Crippen LogP contribution in [0.1, 0.15) is 18.7 Å². The van der Waals surface area contributed by atoms with Crippen molar-refractivity contribution in [3.05, 3.63) is 52.7 Å². The number of hydrogen-bond acceptors (Lipinski definition) is 6. The summed E-state index contributed by atoms with van der Waals surface area (Å²) in [5.74, 6) is -0.537. The average Bonchev–Trinajstić information content (AvgIpc) is 3.26. The lowest BCUT2D eigenvalue weighted by molar-refractivity contribution is -0.253. The van der Waals surface area contributed by atoms with Gasteiger partial charge < -0.3 is 15.4 Å². The molecule has 1 unspecified atom stereocenters. The first-order valence-corrected chi connectivity index (χ1v) is 9.43. The van der Waals surface area contributed by atoms with E-state index in [0.29, 0.717) is 5.69 Å². The third kappa shape index (κ3) is 5.34. The summed E-state index contributed by atoms with van der Waals surface area (Å²) < 4.78 is 55.3. The van der Waals surface area contributed by atoms with E-state index < -0.39 is 35.4 Å². The van der Waals surface area contributed by atoms with Crippen molar-refractivity contribution in [3.63, 3.8) is 0 Å². The zero-order valence-corrected chi connectivity index (χ0v) is 17.5. The number of anilines is 1. The first kappa shape index (κ1) is 23.5. The molecule has 2 heterocycles. The number of urea groups is 1. The predicted octanol–water partition coefficient (Wildman–Crippen LogP) is 4.48. The molecule has 3 rings (SSSR count). The molecule has 0 aliphatic carbocycles. The van der Waals surface area contributed by atoms with Gasteiger partial charge in [0, 0.05) is 18.5 Å². The molecule has 2 N–H and O–H groups in total. The minimum Gasteiger partial charge on any atom is -0.427 e. The minimum absolute atomic E-state index is 0.147. The standard InChI is InChI=1S/C17H13Cl2F4N7O2/c1-8(13-14(25-3-2-24-13)30-26-4-5-27-30)28-16(31)29-11-7-12(10(19)6-9(11)18)32-17(22,23)15(20)21/h2-8,15H,1H3,(H2,28,29,31). The third-order valence-electron chi connectivity index (χ3n) is 3.84. The van der Waals surface area contributed by atoms with Crippen molar-refractivity contribution >= 4 is 34.9 Å². The number of rotatable bonds is 7. The normalized spacial score (nSPS) is 12.5. The number of alkyl halides is 4. The summed E-state index contributed by atoms with van der Waals surface area (Å²) in [5, 5.41) is 12.2. The van der Waals surface area contributed by atoms with Gasteiger partial charge in [-0.2, -0.15) is 27.8 Å². The van der Waals surface area contributed by atoms with Gasteiger partial charge in [0.05, 0.1) is 34.2 Å². The Morgan fingerprint density at radius 3 is 2.41 bits per heavy atom. The Morgan fingerprint density at radius 1 is 1.09 bits per heavy atom. The maximum Gasteiger partial charge on any atom is 0.461 e. The topological polar surface area (TPSA) is 107 Å². The highest BCUT2D eigenvalue weighted by Gasteiger charge is 2.44. The maximum absolute atomic E-state index is 13.2. The lowest BCUT2D eigenvalue weighted by Crippen LogP contribution is -2.34. The van der Waals surface area contributed by atoms with Crippen molar-refractivity contribution in [2.75, 3.05) is 5.32 Å². The number of benzene rings is 1. The molecule has 1 atom stereocenters. The molecule has 0 fully saturated rings. The van der Waals surface area contributed by atoms with E-state index in [9.17, 15) is 22.4 Å². The molecule has 0 aliphatic heterocycles. The van der Waals surface area contributed by atoms with E-state index in [1.54, 1.807) is 6.92 Å². The molecule has 9 nitrogen and oxygen atoms in total. The van der Waals surface area contributed by atoms with Crippen LogP contribution in [0.5, 0.6) is 5.75 Å². The fraction of sp³-hybridized carbons (Fsp3) is 0.235. The van der Waals surface area contributed by atoms with Gasteiger partial charge in [-0.25, -0.2) is 9.78 Å². The van der Waals surface area contributed by atoms with Crippen molar-refractivity contribution in [2.45, 2.75) is 25.5 Å². The maximum atomic E-state index is 13.2. The Bertz CT molecular complexity index is 1100. The molecule has 0 spiro atoms. The van der Waals surface area contributed by atoms with Gasteiger partial charge in [-0.1, -0.05) is 23.2 Å². The quantitative estimate of drug-likeness (QED) is 0.469. The van der Waals surface area contributed by atoms with Gasteiger partial charge in [0.2, 0.25) is 0 Å². The van der Waals surface area contributed by atoms with Crippen LogP contribution in [0.2, 0.25) is 10.0 Å². The molecular weight excluding hydrogens is 481 g/mol. The van der Waals surface area contributed by atoms with E-state index in [1.165, 1.54) is 29.6 Å². The summed E-state index contributed by atoms with van der Waals surface area (Å²) in [6.07, 6.45) is -3.21. The monoisotopic (exact) mass is 493 g/mol. The second kappa shape index (κ2) is 9.53. The number of halogens is 6. The first-order valence-electron chi connectivity index (χ1n) is 8.67. The van der Waals surface area contributed by atoms with Gasteiger partial charge in [-0.05, 0) is 13.0 Å². The molecule has 0 aliphatic rings. The van der Waals surface area contributed by atoms with E-state index >= 15 is 0 Å². The highest BCUT2D eigenvalue weighted by molar-refractivity contribution is 6.37. The summed E-state index contributed by atoms with van der Waals surface area (Å²) in [5.41, 5.74) is 0.107. The average molecular weight is 494 g/mol. The molecule has 2 amide bonds. The first-order chi connectivity index (χ1) is 15.1. The van der Waals surface area contributed by atoms with E-state index in [4.69, 9.17) is 23.2 Å². The highest BCUT2D eigenvalue weighted by Crippen LogP contribution is 2.38. The number of nitrogens with zero attached hydrogens (tertiary/aromatic N) is 5. The van der Waals surface area contributed by atoms with Gasteiger partial charge >= 0.3 is 18.6 Å². The van der Waals surface area contributed by atoms with E-state index in [-0.39, 0.29) is 16.5 Å². The van der Waals surface area contributed by atoms with Crippen molar-refractivity contribution in [1.82, 2.24) is 30.3 Å². The highest BCUT2D eigenvalue weighted by atomic mass is 35.5. The van der Waals surface area contributed by atoms with Crippen LogP contribution in [0.4, 0.5) is 28.0 Å². The number of hydrogen-bond donors (Lipinski definition) is 2. The van der Waals surface area contributed by atoms with Crippen LogP contribution in [0.15, 0.2) is 36.9 Å². The molecule has 0 saturated heterocycles. The zero-order chi connectivity index (χ0) is 23.5. The lowest BCUT2D eigenvalue weighted by atomic mass is 10.2. The predicted molar refractivity (Wildman–Crippen MR) is 106 cm³/mol. The molecule has 15 heteroatoms. The van der Waals surface area contributed by atoms with Crippen LogP contribution >= 0.6 is 23.2 Å². The smallest absolute Gasteiger partial charge is 0.427 e. The molecule has 170 valence electrons. The Kier molecular flexibility index (Phi) is 6.99. The van der Waals surface area contributed by atoms with Crippen LogP contribution in [-0.2, 0) is 0 Å². The zero-order valence-electron chi connectivity index (χ0n) is 15.9. The van der Waals surface area contributed by atoms with Gasteiger partial charge in [0.15, 0.2) is 5.82 Å². The SMILES string of the molecule is CC(NC(=O)Nc1cc(OC(F)(F)C(F)F)c(Cl)cc1Cl)c1nccnc1-n1nccn1. The largest absolute Gasteiger partial charge is 0.461 e. The fourth-order valence-corrected chi connectivity index (χ4v) is 2.91. The molecule has 0 radical (unpaired) electrons. The van der Waals surface area contributed by atoms with Crippen LogP contribution in [0, 0.1) is 0 Å². The van der Waals surface area contributed by atoms with Crippen molar-refractivity contribution in [1.29, 1.82) is 0 Å². The minimum atomic E-state index is -4.80. The second-order valence-electron chi connectivity index (χ2n) is 6.13. The summed E-state index contributed by atoms with van der Waals surface area (Å²) in [6.45, 7) is 1.60. The van der Waals surface area contributed by atoms with Crippen molar-refractivity contribution in [2.24, 2.45) is 0 Å². The molecule has 0 saturated carbocycles. The lowest BCUT2D eigenvalue weighted by Gasteiger charge is -2.19. The van der Waals surface area contributed by atoms with Crippen LogP contribution in [-0.4, -0.2) is 43.5 Å². The third-order valence-corrected chi connectivity index (χ3v) is 4.45. The molecule has 2 aromatic heterocycles. The number of carbonyl (C=O) groups is 1. The van der Waals surface area contributed by atoms with E-state index in [2.05, 4.69) is 35.5 Å². The number of amides is 2. The summed E-state index contributed by atoms with van der Waals surface area (Å²) in [4.78, 5) is 21.9. The van der Waals surface area contributed by atoms with Gasteiger partial charge in [-0.3, -0.25) is 4.98 Å². The molecule has 3 aromatic rings. The van der Waals surface area contributed by atoms with Crippen LogP contribution in [0.3, 0.4) is 0 Å². The number of aromatic nitrogens is 5. The Hall–Kier alpha value is -3.19. The molecule has 32 heavy (non-hydrogen) atoms. The van der Waals surface area contributed by atoms with Crippen LogP contribution < -0.4 is 15.4 Å². The van der Waals surface area contributed by atoms with Gasteiger partial charge in [0.1, 0.15) is 11.4 Å². The Labute approximate surface area is 187 Å². The summed E-state index contributed by atoms with van der Waals surface area (Å²) in [6, 6.07) is 0.225. The number of carbonyl (C=O) groups excluding carboxylic acids is 1. The van der Waals surface area contributed by atoms with Gasteiger partial charge in [0.25, 0.3) is 0 Å². The van der Waals surface area contributed by atoms with Crippen molar-refractivity contribution < 1.29 is 27.1 Å². The fourth-order valence-electron chi connectivity index (χ4n) is 2.44. The second-order valence-corrected chi connectivity index (χ2v) is 6.95. The Balaban J connectivity index is 1.76. The molecular formula is C17H13Cl2F4N7O2.